The number of benzene rings is 1. The van der Waals surface area contributed by atoms with E-state index in [1.165, 1.54) is 44.6 Å². The summed E-state index contributed by atoms with van der Waals surface area (Å²) < 4.78 is 0. The van der Waals surface area contributed by atoms with Crippen LogP contribution in [-0.2, 0) is 6.54 Å². The Morgan fingerprint density at radius 1 is 1.00 bits per heavy atom. The first-order valence-corrected chi connectivity index (χ1v) is 6.71. The van der Waals surface area contributed by atoms with Gasteiger partial charge < -0.3 is 4.90 Å². The SMILES string of the molecule is CN1CCC2(CCN(Cc3ccccc3)C2)C1.Cl.Cl. The Balaban J connectivity index is 0.000000902. The molecule has 1 spiro atoms. The average molecular weight is 303 g/mol. The molecule has 0 N–H and O–H groups in total. The quantitative estimate of drug-likeness (QED) is 0.828. The lowest BCUT2D eigenvalue weighted by atomic mass is 9.86. The van der Waals surface area contributed by atoms with E-state index in [0.29, 0.717) is 5.41 Å². The van der Waals surface area contributed by atoms with E-state index in [4.69, 9.17) is 0 Å². The van der Waals surface area contributed by atoms with E-state index in [0.717, 1.165) is 6.54 Å². The molecular weight excluding hydrogens is 279 g/mol. The second-order valence-electron chi connectivity index (χ2n) is 5.93. The molecule has 2 fully saturated rings. The molecule has 2 nitrogen and oxygen atoms in total. The van der Waals surface area contributed by atoms with E-state index in [1.807, 2.05) is 0 Å². The van der Waals surface area contributed by atoms with E-state index in [9.17, 15) is 0 Å². The van der Waals surface area contributed by atoms with Gasteiger partial charge in [0.05, 0.1) is 0 Å². The fraction of sp³-hybridized carbons (Fsp3) is 0.600. The Hall–Kier alpha value is -0.280. The molecule has 2 heterocycles. The molecule has 0 bridgehead atoms. The van der Waals surface area contributed by atoms with E-state index in [2.05, 4.69) is 47.2 Å². The molecule has 1 atom stereocenters. The van der Waals surface area contributed by atoms with Crippen LogP contribution in [0.2, 0.25) is 0 Å². The van der Waals surface area contributed by atoms with Gasteiger partial charge in [-0.3, -0.25) is 4.90 Å². The predicted molar refractivity (Wildman–Crippen MR) is 85.4 cm³/mol. The van der Waals surface area contributed by atoms with Gasteiger partial charge >= 0.3 is 0 Å². The third-order valence-corrected chi connectivity index (χ3v) is 4.40. The summed E-state index contributed by atoms with van der Waals surface area (Å²) in [4.78, 5) is 5.13. The van der Waals surface area contributed by atoms with Crippen molar-refractivity contribution in [1.82, 2.24) is 9.80 Å². The molecule has 1 aromatic rings. The first kappa shape index (κ1) is 16.8. The minimum absolute atomic E-state index is 0. The molecule has 2 aliphatic rings. The maximum absolute atomic E-state index is 2.63. The van der Waals surface area contributed by atoms with Crippen LogP contribution in [0.25, 0.3) is 0 Å². The number of rotatable bonds is 2. The molecule has 0 amide bonds. The van der Waals surface area contributed by atoms with Crippen molar-refractivity contribution in [3.05, 3.63) is 35.9 Å². The Morgan fingerprint density at radius 3 is 2.32 bits per heavy atom. The van der Waals surface area contributed by atoms with Crippen LogP contribution >= 0.6 is 24.8 Å². The minimum atomic E-state index is 0. The lowest BCUT2D eigenvalue weighted by molar-refractivity contribution is 0.250. The van der Waals surface area contributed by atoms with Crippen molar-refractivity contribution in [2.75, 3.05) is 33.2 Å². The number of hydrogen-bond donors (Lipinski definition) is 0. The molecule has 2 aliphatic heterocycles. The van der Waals surface area contributed by atoms with Crippen molar-refractivity contribution in [3.8, 4) is 0 Å². The zero-order chi connectivity index (χ0) is 11.7. The van der Waals surface area contributed by atoms with Gasteiger partial charge in [0.2, 0.25) is 0 Å². The molecule has 0 saturated carbocycles. The highest BCUT2D eigenvalue weighted by atomic mass is 35.5. The van der Waals surface area contributed by atoms with Crippen molar-refractivity contribution in [2.45, 2.75) is 19.4 Å². The van der Waals surface area contributed by atoms with E-state index < -0.39 is 0 Å². The second-order valence-corrected chi connectivity index (χ2v) is 5.93. The van der Waals surface area contributed by atoms with Crippen molar-refractivity contribution in [1.29, 1.82) is 0 Å². The summed E-state index contributed by atoms with van der Waals surface area (Å²) in [5, 5.41) is 0. The van der Waals surface area contributed by atoms with Gasteiger partial charge in [-0.2, -0.15) is 0 Å². The van der Waals surface area contributed by atoms with Crippen LogP contribution in [0.4, 0.5) is 0 Å². The lowest BCUT2D eigenvalue weighted by Gasteiger charge is -2.23. The Bertz CT molecular complexity index is 385. The van der Waals surface area contributed by atoms with Crippen LogP contribution in [0, 0.1) is 5.41 Å². The Morgan fingerprint density at radius 2 is 1.68 bits per heavy atom. The maximum atomic E-state index is 2.63. The molecule has 108 valence electrons. The first-order chi connectivity index (χ1) is 8.26. The highest BCUT2D eigenvalue weighted by Crippen LogP contribution is 2.39. The van der Waals surface area contributed by atoms with Gasteiger partial charge in [0.1, 0.15) is 0 Å². The maximum Gasteiger partial charge on any atom is 0.0233 e. The zero-order valence-corrected chi connectivity index (χ0v) is 13.2. The molecular formula is C15H24Cl2N2. The molecule has 1 aromatic carbocycles. The number of likely N-dealkylation sites (tertiary alicyclic amines) is 2. The van der Waals surface area contributed by atoms with Gasteiger partial charge in [0, 0.05) is 19.6 Å². The van der Waals surface area contributed by atoms with Crippen LogP contribution in [0.3, 0.4) is 0 Å². The molecule has 0 radical (unpaired) electrons. The van der Waals surface area contributed by atoms with Crippen molar-refractivity contribution in [3.63, 3.8) is 0 Å². The summed E-state index contributed by atoms with van der Waals surface area (Å²) in [5.41, 5.74) is 2.07. The smallest absolute Gasteiger partial charge is 0.0233 e. The van der Waals surface area contributed by atoms with Crippen molar-refractivity contribution in [2.24, 2.45) is 5.41 Å². The standard InChI is InChI=1S/C15H22N2.2ClH/c1-16-9-7-15(12-16)8-10-17(13-15)11-14-5-3-2-4-6-14;;/h2-6H,7-13H2,1H3;2*1H. The Kier molecular flexibility index (Phi) is 6.13. The average Bonchev–Trinajstić information content (AvgIpc) is 2.88. The van der Waals surface area contributed by atoms with Gasteiger partial charge in [0.25, 0.3) is 0 Å². The van der Waals surface area contributed by atoms with Crippen LogP contribution < -0.4 is 0 Å². The van der Waals surface area contributed by atoms with E-state index in [-0.39, 0.29) is 24.8 Å². The van der Waals surface area contributed by atoms with Crippen LogP contribution in [0.1, 0.15) is 18.4 Å². The van der Waals surface area contributed by atoms with Crippen LogP contribution in [0.15, 0.2) is 30.3 Å². The van der Waals surface area contributed by atoms with Gasteiger partial charge in [-0.25, -0.2) is 0 Å². The van der Waals surface area contributed by atoms with E-state index >= 15 is 0 Å². The first-order valence-electron chi connectivity index (χ1n) is 6.71. The van der Waals surface area contributed by atoms with Gasteiger partial charge in [-0.05, 0) is 44.0 Å². The highest BCUT2D eigenvalue weighted by molar-refractivity contribution is 5.85. The van der Waals surface area contributed by atoms with Gasteiger partial charge in [-0.15, -0.1) is 24.8 Å². The molecule has 1 unspecified atom stereocenters. The summed E-state index contributed by atoms with van der Waals surface area (Å²) in [7, 11) is 2.26. The van der Waals surface area contributed by atoms with Gasteiger partial charge in [0.15, 0.2) is 0 Å². The molecule has 0 aliphatic carbocycles. The van der Waals surface area contributed by atoms with Crippen LogP contribution in [0.5, 0.6) is 0 Å². The zero-order valence-electron chi connectivity index (χ0n) is 11.5. The minimum Gasteiger partial charge on any atom is -0.306 e. The lowest BCUT2D eigenvalue weighted by Crippen LogP contribution is -2.29. The molecule has 19 heavy (non-hydrogen) atoms. The highest BCUT2D eigenvalue weighted by Gasteiger charge is 2.41. The third kappa shape index (κ3) is 3.85. The predicted octanol–water partition coefficient (Wildman–Crippen LogP) is 3.06. The summed E-state index contributed by atoms with van der Waals surface area (Å²) in [5.74, 6) is 0. The van der Waals surface area contributed by atoms with Crippen molar-refractivity contribution >= 4 is 24.8 Å². The molecule has 2 saturated heterocycles. The van der Waals surface area contributed by atoms with E-state index in [1.54, 1.807) is 0 Å². The van der Waals surface area contributed by atoms with Crippen molar-refractivity contribution < 1.29 is 0 Å². The van der Waals surface area contributed by atoms with Gasteiger partial charge in [-0.1, -0.05) is 30.3 Å². The monoisotopic (exact) mass is 302 g/mol. The topological polar surface area (TPSA) is 6.48 Å². The summed E-state index contributed by atoms with van der Waals surface area (Å²) in [6, 6.07) is 10.9. The molecule has 4 heteroatoms. The molecule has 3 rings (SSSR count). The third-order valence-electron chi connectivity index (χ3n) is 4.40. The molecule has 0 aromatic heterocycles. The normalized spacial score (nSPS) is 27.2. The summed E-state index contributed by atoms with van der Waals surface area (Å²) in [6.45, 7) is 6.30. The number of nitrogens with zero attached hydrogens (tertiary/aromatic N) is 2. The largest absolute Gasteiger partial charge is 0.306 e. The summed E-state index contributed by atoms with van der Waals surface area (Å²) in [6.07, 6.45) is 2.79. The summed E-state index contributed by atoms with van der Waals surface area (Å²) >= 11 is 0. The Labute approximate surface area is 129 Å². The second kappa shape index (κ2) is 6.94. The fourth-order valence-corrected chi connectivity index (χ4v) is 3.50. The van der Waals surface area contributed by atoms with Crippen LogP contribution in [-0.4, -0.2) is 43.0 Å². The fourth-order valence-electron chi connectivity index (χ4n) is 3.50. The number of hydrogen-bond acceptors (Lipinski definition) is 2. The number of halogens is 2.